The van der Waals surface area contributed by atoms with E-state index in [0.29, 0.717) is 11.2 Å². The predicted octanol–water partition coefficient (Wildman–Crippen LogP) is 5.26. The summed E-state index contributed by atoms with van der Waals surface area (Å²) < 4.78 is 6.70. The summed E-state index contributed by atoms with van der Waals surface area (Å²) in [5, 5.41) is 2.58. The number of ether oxygens (including phenoxy) is 1. The van der Waals surface area contributed by atoms with E-state index < -0.39 is 0 Å². The van der Waals surface area contributed by atoms with Gasteiger partial charge >= 0.3 is 0 Å². The summed E-state index contributed by atoms with van der Waals surface area (Å²) in [4.78, 5) is 11.7. The van der Waals surface area contributed by atoms with Crippen molar-refractivity contribution in [2.45, 2.75) is 44.2 Å². The zero-order chi connectivity index (χ0) is 22.8. The van der Waals surface area contributed by atoms with Gasteiger partial charge in [-0.15, -0.1) is 4.59 Å². The summed E-state index contributed by atoms with van der Waals surface area (Å²) in [7, 11) is 0. The molecule has 3 heterocycles. The van der Waals surface area contributed by atoms with Gasteiger partial charge in [0.05, 0.1) is 24.3 Å². The molecule has 6 rings (SSSR count). The van der Waals surface area contributed by atoms with Crippen LogP contribution in [0.15, 0.2) is 88.9 Å². The lowest BCUT2D eigenvalue weighted by atomic mass is 9.75. The predicted molar refractivity (Wildman–Crippen MR) is 136 cm³/mol. The van der Waals surface area contributed by atoms with Crippen LogP contribution in [0.3, 0.4) is 0 Å². The van der Waals surface area contributed by atoms with Crippen molar-refractivity contribution in [3.8, 4) is 5.75 Å². The molecule has 4 aliphatic rings. The van der Waals surface area contributed by atoms with Gasteiger partial charge in [0.1, 0.15) is 17.9 Å². The second-order valence-electron chi connectivity index (χ2n) is 9.78. The topological polar surface area (TPSA) is 40.4 Å². The molecule has 1 saturated carbocycles. The number of quaternary nitrogens is 1. The van der Waals surface area contributed by atoms with Crippen LogP contribution < -0.4 is 9.75 Å². The van der Waals surface area contributed by atoms with Gasteiger partial charge in [0.15, 0.2) is 6.20 Å². The SMILES string of the molecule is C1=C[N+]2(N(c3cccc(OCc4ccccc4)c3)C3(CN4CCCC4)CCC3)C=NC=C2C=N1. The van der Waals surface area contributed by atoms with Gasteiger partial charge in [0, 0.05) is 12.6 Å². The van der Waals surface area contributed by atoms with Crippen LogP contribution in [-0.2, 0) is 6.61 Å². The fourth-order valence-electron chi connectivity index (χ4n) is 5.75. The molecule has 34 heavy (non-hydrogen) atoms. The molecule has 6 nitrogen and oxygen atoms in total. The third-order valence-electron chi connectivity index (χ3n) is 7.54. The summed E-state index contributed by atoms with van der Waals surface area (Å²) >= 11 is 0. The van der Waals surface area contributed by atoms with Crippen molar-refractivity contribution in [2.24, 2.45) is 9.98 Å². The summed E-state index contributed by atoms with van der Waals surface area (Å²) in [6, 6.07) is 18.9. The fourth-order valence-corrected chi connectivity index (χ4v) is 5.75. The number of rotatable bonds is 8. The first-order valence-corrected chi connectivity index (χ1v) is 12.4. The summed E-state index contributed by atoms with van der Waals surface area (Å²) in [5.74, 6) is 0.886. The van der Waals surface area contributed by atoms with E-state index in [4.69, 9.17) is 4.74 Å². The molecule has 1 aliphatic carbocycles. The van der Waals surface area contributed by atoms with Crippen molar-refractivity contribution in [3.05, 3.63) is 84.5 Å². The maximum Gasteiger partial charge on any atom is 0.225 e. The molecule has 0 spiro atoms. The Labute approximate surface area is 201 Å². The summed E-state index contributed by atoms with van der Waals surface area (Å²) in [6.07, 6.45) is 16.2. The zero-order valence-electron chi connectivity index (χ0n) is 19.6. The number of anilines is 1. The van der Waals surface area contributed by atoms with E-state index in [-0.39, 0.29) is 5.54 Å². The molecule has 6 heteroatoms. The molecular formula is C28H32N5O+. The Morgan fingerprint density at radius 2 is 1.82 bits per heavy atom. The van der Waals surface area contributed by atoms with Crippen LogP contribution in [0, 0.1) is 0 Å². The average molecular weight is 455 g/mol. The summed E-state index contributed by atoms with van der Waals surface area (Å²) in [6.45, 7) is 4.03. The largest absolute Gasteiger partial charge is 0.489 e. The van der Waals surface area contributed by atoms with Gasteiger partial charge in [-0.25, -0.2) is 10.0 Å². The van der Waals surface area contributed by atoms with Crippen LogP contribution in [-0.4, -0.2) is 47.2 Å². The number of allylic oxidation sites excluding steroid dienone is 1. The monoisotopic (exact) mass is 454 g/mol. The molecule has 0 radical (unpaired) electrons. The number of benzene rings is 2. The molecule has 2 aromatic carbocycles. The molecule has 174 valence electrons. The number of nitrogens with zero attached hydrogens (tertiary/aromatic N) is 5. The molecule has 3 aliphatic heterocycles. The molecule has 0 N–H and O–H groups in total. The van der Waals surface area contributed by atoms with E-state index in [1.54, 1.807) is 0 Å². The Hall–Kier alpha value is -3.22. The lowest BCUT2D eigenvalue weighted by Gasteiger charge is -2.56. The van der Waals surface area contributed by atoms with E-state index in [9.17, 15) is 0 Å². The minimum atomic E-state index is 0.0351. The highest BCUT2D eigenvalue weighted by Crippen LogP contribution is 2.47. The highest BCUT2D eigenvalue weighted by molar-refractivity contribution is 5.82. The van der Waals surface area contributed by atoms with E-state index in [1.807, 2.05) is 31.0 Å². The lowest BCUT2D eigenvalue weighted by molar-refractivity contribution is -0.751. The molecule has 2 aromatic rings. The van der Waals surface area contributed by atoms with Crippen LogP contribution in [0.2, 0.25) is 0 Å². The molecule has 1 unspecified atom stereocenters. The minimum absolute atomic E-state index is 0.0351. The molecule has 0 aromatic heterocycles. The molecule has 2 fully saturated rings. The molecule has 1 atom stereocenters. The van der Waals surface area contributed by atoms with Crippen molar-refractivity contribution >= 4 is 18.2 Å². The van der Waals surface area contributed by atoms with E-state index in [1.165, 1.54) is 50.8 Å². The quantitative estimate of drug-likeness (QED) is 0.511. The lowest BCUT2D eigenvalue weighted by Crippen LogP contribution is -2.70. The van der Waals surface area contributed by atoms with E-state index in [0.717, 1.165) is 23.7 Å². The highest BCUT2D eigenvalue weighted by Gasteiger charge is 2.56. The van der Waals surface area contributed by atoms with Crippen molar-refractivity contribution in [1.29, 1.82) is 0 Å². The van der Waals surface area contributed by atoms with Gasteiger partial charge in [-0.05, 0) is 62.9 Å². The van der Waals surface area contributed by atoms with E-state index in [2.05, 4.69) is 74.6 Å². The number of hydrogen-bond donors (Lipinski definition) is 0. The standard InChI is InChI=1S/C28H32N5O/c1-2-8-24(9-3-1)21-34-27-11-6-10-25(18-27)32(33-17-14-29-19-26(33)20-30-23-33)28(12-7-13-28)22-31-15-4-5-16-31/h1-3,6,8-11,14,17-20,23H,4-5,7,12-13,15-16,21-22H2/q+1. The van der Waals surface area contributed by atoms with Crippen molar-refractivity contribution < 1.29 is 9.33 Å². The first kappa shape index (κ1) is 21.3. The smallest absolute Gasteiger partial charge is 0.225 e. The second-order valence-corrected chi connectivity index (χ2v) is 9.78. The van der Waals surface area contributed by atoms with Gasteiger partial charge in [-0.3, -0.25) is 4.99 Å². The number of likely N-dealkylation sites (tertiary alicyclic amines) is 1. The minimum Gasteiger partial charge on any atom is -0.489 e. The second kappa shape index (κ2) is 8.85. The number of fused-ring (bicyclic) bond motifs is 1. The molecular weight excluding hydrogens is 422 g/mol. The van der Waals surface area contributed by atoms with Gasteiger partial charge in [0.25, 0.3) is 0 Å². The van der Waals surface area contributed by atoms with Crippen LogP contribution >= 0.6 is 0 Å². The Morgan fingerprint density at radius 1 is 0.971 bits per heavy atom. The number of aliphatic imine (C=N–C) groups is 2. The van der Waals surface area contributed by atoms with Gasteiger partial charge < -0.3 is 9.64 Å². The maximum atomic E-state index is 6.24. The van der Waals surface area contributed by atoms with Crippen molar-refractivity contribution in [1.82, 2.24) is 4.90 Å². The average Bonchev–Trinajstić information content (AvgIpc) is 3.52. The Balaban J connectivity index is 1.37. The van der Waals surface area contributed by atoms with Gasteiger partial charge in [-0.1, -0.05) is 36.4 Å². The normalized spacial score (nSPS) is 24.5. The molecule has 1 saturated heterocycles. The first-order chi connectivity index (χ1) is 16.8. The van der Waals surface area contributed by atoms with Crippen LogP contribution in [0.1, 0.15) is 37.7 Å². The maximum absolute atomic E-state index is 6.24. The fraction of sp³-hybridized carbons (Fsp3) is 0.357. The molecule has 0 amide bonds. The van der Waals surface area contributed by atoms with Crippen LogP contribution in [0.4, 0.5) is 5.69 Å². The van der Waals surface area contributed by atoms with Crippen LogP contribution in [0.25, 0.3) is 0 Å². The van der Waals surface area contributed by atoms with E-state index >= 15 is 0 Å². The van der Waals surface area contributed by atoms with Gasteiger partial charge in [0.2, 0.25) is 12.0 Å². The Morgan fingerprint density at radius 3 is 2.62 bits per heavy atom. The van der Waals surface area contributed by atoms with Gasteiger partial charge in [-0.2, -0.15) is 0 Å². The Kier molecular flexibility index (Phi) is 5.55. The third-order valence-corrected chi connectivity index (χ3v) is 7.54. The highest BCUT2D eigenvalue weighted by atomic mass is 16.5. The van der Waals surface area contributed by atoms with Crippen molar-refractivity contribution in [2.75, 3.05) is 24.6 Å². The Bertz CT molecular complexity index is 1140. The van der Waals surface area contributed by atoms with Crippen molar-refractivity contribution in [3.63, 3.8) is 0 Å². The van der Waals surface area contributed by atoms with Crippen LogP contribution in [0.5, 0.6) is 5.75 Å². The first-order valence-electron chi connectivity index (χ1n) is 12.4. The number of hydrogen-bond acceptors (Lipinski definition) is 5. The zero-order valence-corrected chi connectivity index (χ0v) is 19.6. The molecule has 0 bridgehead atoms. The summed E-state index contributed by atoms with van der Waals surface area (Å²) in [5.41, 5.74) is 3.44. The third kappa shape index (κ3) is 3.77.